The summed E-state index contributed by atoms with van der Waals surface area (Å²) < 4.78 is 19.6. The molecule has 4 rings (SSSR count). The first kappa shape index (κ1) is 13.0. The molecule has 21 heavy (non-hydrogen) atoms. The van der Waals surface area contributed by atoms with Crippen LogP contribution in [0.15, 0.2) is 42.5 Å². The Morgan fingerprint density at radius 1 is 1.05 bits per heavy atom. The molecule has 3 atom stereocenters. The van der Waals surface area contributed by atoms with Crippen LogP contribution < -0.4 is 0 Å². The van der Waals surface area contributed by atoms with Crippen LogP contribution in [0.2, 0.25) is 0 Å². The fraction of sp³-hybridized carbons (Fsp3) is 0.333. The second-order valence-electron chi connectivity index (χ2n) is 5.97. The Morgan fingerprint density at radius 3 is 2.76 bits per heavy atom. The van der Waals surface area contributed by atoms with E-state index in [0.29, 0.717) is 13.0 Å². The molecule has 1 aliphatic carbocycles. The minimum absolute atomic E-state index is 0.0907. The summed E-state index contributed by atoms with van der Waals surface area (Å²) in [6.45, 7) is 0.319. The summed E-state index contributed by atoms with van der Waals surface area (Å²) in [5.74, 6) is -0.138. The molecule has 1 heterocycles. The van der Waals surface area contributed by atoms with Gasteiger partial charge in [0.1, 0.15) is 5.82 Å². The molecular weight excluding hydrogens is 267 g/mol. The van der Waals surface area contributed by atoms with Crippen molar-refractivity contribution in [2.45, 2.75) is 31.0 Å². The van der Waals surface area contributed by atoms with Crippen molar-refractivity contribution in [1.29, 1.82) is 0 Å². The first-order chi connectivity index (χ1) is 10.2. The molecule has 108 valence electrons. The molecule has 2 aliphatic rings. The lowest BCUT2D eigenvalue weighted by Crippen LogP contribution is -2.31. The van der Waals surface area contributed by atoms with Gasteiger partial charge in [0.25, 0.3) is 0 Å². The number of aliphatic hydroxyl groups excluding tert-OH is 1. The lowest BCUT2D eigenvalue weighted by atomic mass is 9.83. The summed E-state index contributed by atoms with van der Waals surface area (Å²) in [5, 5.41) is 9.97. The Kier molecular flexibility index (Phi) is 3.05. The van der Waals surface area contributed by atoms with E-state index in [4.69, 9.17) is 4.74 Å². The third kappa shape index (κ3) is 2.17. The molecule has 1 aliphatic heterocycles. The largest absolute Gasteiger partial charge is 0.391 e. The van der Waals surface area contributed by atoms with Crippen molar-refractivity contribution in [2.24, 2.45) is 0 Å². The van der Waals surface area contributed by atoms with Crippen LogP contribution in [0, 0.1) is 5.82 Å². The normalized spacial score (nSPS) is 27.2. The minimum atomic E-state index is -0.450. The van der Waals surface area contributed by atoms with Gasteiger partial charge in [-0.25, -0.2) is 4.39 Å². The standard InChI is InChI=1S/C18H17FO2/c19-13-6-5-12-7-11-3-1-2-4-15(11)17-9-14(20)10-21-18(17)16(12)8-13/h1-6,8,14,17-18,20H,7,9-10H2/t14?,17-,18-/m1/s1. The van der Waals surface area contributed by atoms with Crippen LogP contribution in [-0.2, 0) is 11.2 Å². The van der Waals surface area contributed by atoms with Gasteiger partial charge in [0.2, 0.25) is 0 Å². The highest BCUT2D eigenvalue weighted by Gasteiger charge is 2.37. The average Bonchev–Trinajstić information content (AvgIpc) is 2.62. The fourth-order valence-corrected chi connectivity index (χ4v) is 3.67. The molecule has 0 saturated carbocycles. The molecule has 2 aromatic rings. The summed E-state index contributed by atoms with van der Waals surface area (Å²) in [6, 6.07) is 13.2. The van der Waals surface area contributed by atoms with Crippen LogP contribution in [0.1, 0.15) is 40.7 Å². The van der Waals surface area contributed by atoms with Crippen LogP contribution in [0.3, 0.4) is 0 Å². The fourth-order valence-electron chi connectivity index (χ4n) is 3.67. The van der Waals surface area contributed by atoms with Gasteiger partial charge >= 0.3 is 0 Å². The van der Waals surface area contributed by atoms with Crippen molar-refractivity contribution in [3.63, 3.8) is 0 Å². The molecule has 0 amide bonds. The van der Waals surface area contributed by atoms with E-state index in [1.165, 1.54) is 17.2 Å². The Hall–Kier alpha value is -1.71. The number of benzene rings is 2. The highest BCUT2D eigenvalue weighted by Crippen LogP contribution is 2.46. The first-order valence-electron chi connectivity index (χ1n) is 7.38. The third-order valence-electron chi connectivity index (χ3n) is 4.61. The number of fused-ring (bicyclic) bond motifs is 5. The van der Waals surface area contributed by atoms with E-state index in [-0.39, 0.29) is 17.8 Å². The molecule has 1 saturated heterocycles. The molecule has 2 aromatic carbocycles. The second-order valence-corrected chi connectivity index (χ2v) is 5.97. The summed E-state index contributed by atoms with van der Waals surface area (Å²) >= 11 is 0. The van der Waals surface area contributed by atoms with Gasteiger partial charge in [-0.1, -0.05) is 30.3 Å². The van der Waals surface area contributed by atoms with Gasteiger partial charge in [-0.2, -0.15) is 0 Å². The molecule has 0 radical (unpaired) electrons. The highest BCUT2D eigenvalue weighted by molar-refractivity contribution is 5.44. The van der Waals surface area contributed by atoms with E-state index < -0.39 is 6.10 Å². The summed E-state index contributed by atoms with van der Waals surface area (Å²) in [7, 11) is 0. The lowest BCUT2D eigenvalue weighted by Gasteiger charge is -2.35. The van der Waals surface area contributed by atoms with E-state index in [2.05, 4.69) is 12.1 Å². The Bertz CT molecular complexity index is 683. The van der Waals surface area contributed by atoms with Gasteiger partial charge in [-0.3, -0.25) is 0 Å². The van der Waals surface area contributed by atoms with E-state index in [0.717, 1.165) is 17.5 Å². The maximum absolute atomic E-state index is 13.7. The van der Waals surface area contributed by atoms with Gasteiger partial charge in [0.15, 0.2) is 0 Å². The maximum atomic E-state index is 13.7. The molecule has 1 fully saturated rings. The number of aliphatic hydroxyl groups is 1. The van der Waals surface area contributed by atoms with Gasteiger partial charge < -0.3 is 9.84 Å². The number of halogens is 1. The second kappa shape index (κ2) is 4.93. The van der Waals surface area contributed by atoms with E-state index in [1.54, 1.807) is 6.07 Å². The molecule has 0 bridgehead atoms. The van der Waals surface area contributed by atoms with Crippen molar-refractivity contribution in [2.75, 3.05) is 6.61 Å². The van der Waals surface area contributed by atoms with Gasteiger partial charge in [-0.15, -0.1) is 0 Å². The minimum Gasteiger partial charge on any atom is -0.391 e. The Balaban J connectivity index is 1.91. The molecule has 1 N–H and O–H groups in total. The van der Waals surface area contributed by atoms with E-state index in [1.807, 2.05) is 18.2 Å². The van der Waals surface area contributed by atoms with Crippen LogP contribution in [-0.4, -0.2) is 17.8 Å². The zero-order valence-electron chi connectivity index (χ0n) is 11.6. The maximum Gasteiger partial charge on any atom is 0.123 e. The lowest BCUT2D eigenvalue weighted by molar-refractivity contribution is -0.0705. The summed E-state index contributed by atoms with van der Waals surface area (Å²) in [6.07, 6.45) is 0.841. The van der Waals surface area contributed by atoms with E-state index >= 15 is 0 Å². The van der Waals surface area contributed by atoms with E-state index in [9.17, 15) is 9.50 Å². The van der Waals surface area contributed by atoms with Crippen molar-refractivity contribution in [3.8, 4) is 0 Å². The molecule has 0 aromatic heterocycles. The van der Waals surface area contributed by atoms with Gasteiger partial charge in [-0.05, 0) is 47.2 Å². The molecular formula is C18H17FO2. The zero-order chi connectivity index (χ0) is 14.4. The van der Waals surface area contributed by atoms with Gasteiger partial charge in [0.05, 0.1) is 18.8 Å². The summed E-state index contributed by atoms with van der Waals surface area (Å²) in [4.78, 5) is 0. The number of rotatable bonds is 0. The highest BCUT2D eigenvalue weighted by atomic mass is 19.1. The predicted molar refractivity (Wildman–Crippen MR) is 77.7 cm³/mol. The number of hydrogen-bond donors (Lipinski definition) is 1. The van der Waals surface area contributed by atoms with Gasteiger partial charge in [0, 0.05) is 5.92 Å². The van der Waals surface area contributed by atoms with Crippen LogP contribution in [0.5, 0.6) is 0 Å². The third-order valence-corrected chi connectivity index (χ3v) is 4.61. The molecule has 0 spiro atoms. The van der Waals surface area contributed by atoms with Crippen LogP contribution in [0.25, 0.3) is 0 Å². The monoisotopic (exact) mass is 284 g/mol. The molecule has 3 heteroatoms. The zero-order valence-corrected chi connectivity index (χ0v) is 11.6. The predicted octanol–water partition coefficient (Wildman–Crippen LogP) is 3.34. The Morgan fingerprint density at radius 2 is 1.86 bits per heavy atom. The first-order valence-corrected chi connectivity index (χ1v) is 7.38. The number of ether oxygens (including phenoxy) is 1. The smallest absolute Gasteiger partial charge is 0.123 e. The molecule has 2 nitrogen and oxygen atoms in total. The quantitative estimate of drug-likeness (QED) is 0.804. The SMILES string of the molecule is OC1CO[C@@H]2c3cc(F)ccc3Cc3ccccc3[C@H]2C1. The number of hydrogen-bond acceptors (Lipinski definition) is 2. The van der Waals surface area contributed by atoms with Crippen molar-refractivity contribution in [3.05, 3.63) is 70.5 Å². The van der Waals surface area contributed by atoms with Crippen LogP contribution >= 0.6 is 0 Å². The topological polar surface area (TPSA) is 29.5 Å². The summed E-state index contributed by atoms with van der Waals surface area (Å²) in [5.41, 5.74) is 4.52. The van der Waals surface area contributed by atoms with Crippen molar-refractivity contribution < 1.29 is 14.2 Å². The Labute approximate surface area is 123 Å². The van der Waals surface area contributed by atoms with Crippen molar-refractivity contribution in [1.82, 2.24) is 0 Å². The molecule has 1 unspecified atom stereocenters. The van der Waals surface area contributed by atoms with Crippen LogP contribution in [0.4, 0.5) is 4.39 Å². The average molecular weight is 284 g/mol. The van der Waals surface area contributed by atoms with Crippen molar-refractivity contribution >= 4 is 0 Å².